The molecule has 1 aliphatic rings. The van der Waals surface area contributed by atoms with Gasteiger partial charge in [0.05, 0.1) is 13.0 Å². The molecule has 0 aliphatic heterocycles. The molecular weight excluding hydrogens is 322 g/mol. The number of benzene rings is 3. The summed E-state index contributed by atoms with van der Waals surface area (Å²) in [5, 5.41) is 3.05. The van der Waals surface area contributed by atoms with E-state index in [9.17, 15) is 4.79 Å². The summed E-state index contributed by atoms with van der Waals surface area (Å²) in [7, 11) is 1.63. The van der Waals surface area contributed by atoms with E-state index in [1.54, 1.807) is 7.11 Å². The van der Waals surface area contributed by atoms with Gasteiger partial charge in [0.2, 0.25) is 5.91 Å². The first-order chi connectivity index (χ1) is 12.7. The molecule has 3 aromatic carbocycles. The number of rotatable bonds is 5. The number of hydrogen-bond donors (Lipinski definition) is 1. The van der Waals surface area contributed by atoms with Gasteiger partial charge in [-0.15, -0.1) is 0 Å². The summed E-state index contributed by atoms with van der Waals surface area (Å²) < 4.78 is 5.17. The standard InChI is InChI=1S/C23H21NO2/c1-26-20-14-12-19(13-15-20)24-22(25)21-16-23(21,17-8-4-2-5-9-17)18-10-6-3-7-11-18/h2-15,21H,16H2,1H3,(H,24,25)/t21-/m1/s1. The minimum absolute atomic E-state index is 0.0582. The van der Waals surface area contributed by atoms with Crippen molar-refractivity contribution in [2.75, 3.05) is 12.4 Å². The molecule has 1 fully saturated rings. The van der Waals surface area contributed by atoms with Crippen LogP contribution in [0.1, 0.15) is 17.5 Å². The van der Waals surface area contributed by atoms with Crippen LogP contribution in [0.4, 0.5) is 5.69 Å². The van der Waals surface area contributed by atoms with E-state index in [1.165, 1.54) is 11.1 Å². The van der Waals surface area contributed by atoms with Gasteiger partial charge < -0.3 is 10.1 Å². The number of carbonyl (C=O) groups excluding carboxylic acids is 1. The van der Waals surface area contributed by atoms with E-state index in [0.29, 0.717) is 0 Å². The number of anilines is 1. The third-order valence-electron chi connectivity index (χ3n) is 5.21. The van der Waals surface area contributed by atoms with Gasteiger partial charge in [-0.25, -0.2) is 0 Å². The SMILES string of the molecule is COc1ccc(NC(=O)[C@H]2CC2(c2ccccc2)c2ccccc2)cc1. The number of nitrogens with one attached hydrogen (secondary N) is 1. The molecule has 0 saturated heterocycles. The molecule has 1 atom stereocenters. The number of ether oxygens (including phenoxy) is 1. The topological polar surface area (TPSA) is 38.3 Å². The Morgan fingerprint density at radius 3 is 1.92 bits per heavy atom. The molecule has 0 bridgehead atoms. The zero-order valence-electron chi connectivity index (χ0n) is 14.7. The summed E-state index contributed by atoms with van der Waals surface area (Å²) in [5.41, 5.74) is 2.94. The molecule has 1 saturated carbocycles. The van der Waals surface area contributed by atoms with Gasteiger partial charge in [-0.1, -0.05) is 60.7 Å². The number of carbonyl (C=O) groups is 1. The van der Waals surface area contributed by atoms with Crippen molar-refractivity contribution in [1.82, 2.24) is 0 Å². The van der Waals surface area contributed by atoms with Gasteiger partial charge in [-0.3, -0.25) is 4.79 Å². The van der Waals surface area contributed by atoms with Gasteiger partial charge in [0, 0.05) is 11.1 Å². The van der Waals surface area contributed by atoms with E-state index in [4.69, 9.17) is 4.74 Å². The van der Waals surface area contributed by atoms with Crippen LogP contribution < -0.4 is 10.1 Å². The fourth-order valence-electron chi connectivity index (χ4n) is 3.76. The lowest BCUT2D eigenvalue weighted by Crippen LogP contribution is -2.22. The molecule has 1 amide bonds. The van der Waals surface area contributed by atoms with Gasteiger partial charge in [-0.05, 0) is 41.8 Å². The van der Waals surface area contributed by atoms with E-state index in [1.807, 2.05) is 60.7 Å². The van der Waals surface area contributed by atoms with Crippen LogP contribution in [0.25, 0.3) is 0 Å². The van der Waals surface area contributed by atoms with E-state index in [2.05, 4.69) is 29.6 Å². The van der Waals surface area contributed by atoms with Crippen molar-refractivity contribution in [2.45, 2.75) is 11.8 Å². The molecule has 3 nitrogen and oxygen atoms in total. The highest BCUT2D eigenvalue weighted by atomic mass is 16.5. The van der Waals surface area contributed by atoms with E-state index in [0.717, 1.165) is 17.9 Å². The fraction of sp³-hybridized carbons (Fsp3) is 0.174. The van der Waals surface area contributed by atoms with Crippen molar-refractivity contribution in [2.24, 2.45) is 5.92 Å². The molecule has 3 heteroatoms. The van der Waals surface area contributed by atoms with E-state index in [-0.39, 0.29) is 17.2 Å². The lowest BCUT2D eigenvalue weighted by Gasteiger charge is -2.19. The molecule has 0 spiro atoms. The van der Waals surface area contributed by atoms with Crippen LogP contribution in [0.2, 0.25) is 0 Å². The average Bonchev–Trinajstić information content (AvgIpc) is 3.47. The van der Waals surface area contributed by atoms with Crippen molar-refractivity contribution in [3.63, 3.8) is 0 Å². The molecule has 0 heterocycles. The highest BCUT2D eigenvalue weighted by Gasteiger charge is 2.60. The van der Waals surface area contributed by atoms with Crippen LogP contribution in [-0.2, 0) is 10.2 Å². The zero-order chi connectivity index (χ0) is 18.0. The Balaban J connectivity index is 1.61. The van der Waals surface area contributed by atoms with Crippen LogP contribution in [-0.4, -0.2) is 13.0 Å². The highest BCUT2D eigenvalue weighted by Crippen LogP contribution is 2.59. The normalized spacial score (nSPS) is 17.3. The Morgan fingerprint density at radius 1 is 0.885 bits per heavy atom. The van der Waals surface area contributed by atoms with E-state index >= 15 is 0 Å². The van der Waals surface area contributed by atoms with Crippen molar-refractivity contribution >= 4 is 11.6 Å². The largest absolute Gasteiger partial charge is 0.497 e. The van der Waals surface area contributed by atoms with Crippen molar-refractivity contribution in [3.8, 4) is 5.75 Å². The molecule has 0 aromatic heterocycles. The van der Waals surface area contributed by atoms with Gasteiger partial charge in [0.25, 0.3) is 0 Å². The second-order valence-electron chi connectivity index (χ2n) is 6.68. The van der Waals surface area contributed by atoms with Crippen molar-refractivity contribution in [1.29, 1.82) is 0 Å². The maximum absolute atomic E-state index is 12.9. The second kappa shape index (κ2) is 6.68. The first-order valence-electron chi connectivity index (χ1n) is 8.80. The van der Waals surface area contributed by atoms with Crippen LogP contribution in [0.15, 0.2) is 84.9 Å². The van der Waals surface area contributed by atoms with Crippen molar-refractivity contribution in [3.05, 3.63) is 96.1 Å². The zero-order valence-corrected chi connectivity index (χ0v) is 14.7. The molecule has 3 aromatic rings. The molecule has 4 rings (SSSR count). The molecule has 1 N–H and O–H groups in total. The average molecular weight is 343 g/mol. The number of amides is 1. The fourth-order valence-corrected chi connectivity index (χ4v) is 3.76. The first kappa shape index (κ1) is 16.4. The third kappa shape index (κ3) is 2.86. The predicted molar refractivity (Wildman–Crippen MR) is 103 cm³/mol. The van der Waals surface area contributed by atoms with Gasteiger partial charge in [0.1, 0.15) is 5.75 Å². The Kier molecular flexibility index (Phi) is 4.21. The summed E-state index contributed by atoms with van der Waals surface area (Å²) in [5.74, 6) is 0.759. The molecule has 1 aliphatic carbocycles. The van der Waals surface area contributed by atoms with Crippen LogP contribution >= 0.6 is 0 Å². The van der Waals surface area contributed by atoms with E-state index < -0.39 is 0 Å². The van der Waals surface area contributed by atoms with Gasteiger partial charge in [-0.2, -0.15) is 0 Å². The highest BCUT2D eigenvalue weighted by molar-refractivity contribution is 5.97. The van der Waals surface area contributed by atoms with Gasteiger partial charge >= 0.3 is 0 Å². The molecular formula is C23H21NO2. The lowest BCUT2D eigenvalue weighted by atomic mass is 9.85. The number of methoxy groups -OCH3 is 1. The Hall–Kier alpha value is -3.07. The Morgan fingerprint density at radius 2 is 1.42 bits per heavy atom. The van der Waals surface area contributed by atoms with Gasteiger partial charge in [0.15, 0.2) is 0 Å². The maximum Gasteiger partial charge on any atom is 0.228 e. The molecule has 0 unspecified atom stereocenters. The predicted octanol–water partition coefficient (Wildman–Crippen LogP) is 4.64. The second-order valence-corrected chi connectivity index (χ2v) is 6.68. The van der Waals surface area contributed by atoms with Crippen LogP contribution in [0, 0.1) is 5.92 Å². The molecule has 26 heavy (non-hydrogen) atoms. The maximum atomic E-state index is 12.9. The first-order valence-corrected chi connectivity index (χ1v) is 8.80. The summed E-state index contributed by atoms with van der Waals surface area (Å²) in [6, 6.07) is 28.1. The number of hydrogen-bond acceptors (Lipinski definition) is 2. The smallest absolute Gasteiger partial charge is 0.228 e. The monoisotopic (exact) mass is 343 g/mol. The van der Waals surface area contributed by atoms with Crippen LogP contribution in [0.5, 0.6) is 5.75 Å². The summed E-state index contributed by atoms with van der Waals surface area (Å²) in [6.07, 6.45) is 0.822. The van der Waals surface area contributed by atoms with Crippen molar-refractivity contribution < 1.29 is 9.53 Å². The summed E-state index contributed by atoms with van der Waals surface area (Å²) in [6.45, 7) is 0. The molecule has 130 valence electrons. The molecule has 0 radical (unpaired) electrons. The minimum atomic E-state index is -0.237. The Bertz CT molecular complexity index is 849. The Labute approximate surface area is 153 Å². The summed E-state index contributed by atoms with van der Waals surface area (Å²) >= 11 is 0. The summed E-state index contributed by atoms with van der Waals surface area (Å²) in [4.78, 5) is 12.9. The third-order valence-corrected chi connectivity index (χ3v) is 5.21. The lowest BCUT2D eigenvalue weighted by molar-refractivity contribution is -0.117. The minimum Gasteiger partial charge on any atom is -0.497 e. The van der Waals surface area contributed by atoms with Crippen LogP contribution in [0.3, 0.4) is 0 Å². The quantitative estimate of drug-likeness (QED) is 0.733.